The Labute approximate surface area is 107 Å². The van der Waals surface area contributed by atoms with E-state index in [4.69, 9.17) is 9.84 Å². The number of carbonyl (C=O) groups excluding carboxylic acids is 1. The number of carboxylic acids is 1. The molecule has 0 aromatic heterocycles. The zero-order chi connectivity index (χ0) is 13.7. The van der Waals surface area contributed by atoms with Gasteiger partial charge in [0.25, 0.3) is 0 Å². The van der Waals surface area contributed by atoms with E-state index < -0.39 is 11.9 Å². The average molecular weight is 258 g/mol. The lowest BCUT2D eigenvalue weighted by atomic mass is 10.0. The predicted molar refractivity (Wildman–Crippen MR) is 66.4 cm³/mol. The van der Waals surface area contributed by atoms with E-state index in [2.05, 4.69) is 5.32 Å². The van der Waals surface area contributed by atoms with Gasteiger partial charge in [0.2, 0.25) is 0 Å². The summed E-state index contributed by atoms with van der Waals surface area (Å²) in [6, 6.07) is -0.490. The number of amides is 2. The molecule has 6 nitrogen and oxygen atoms in total. The van der Waals surface area contributed by atoms with Gasteiger partial charge < -0.3 is 20.1 Å². The van der Waals surface area contributed by atoms with Crippen molar-refractivity contribution in [3.63, 3.8) is 0 Å². The Balaban J connectivity index is 2.55. The number of hydrogen-bond acceptors (Lipinski definition) is 3. The normalized spacial score (nSPS) is 24.9. The third-order valence-corrected chi connectivity index (χ3v) is 3.52. The minimum Gasteiger partial charge on any atom is -0.481 e. The molecule has 0 bridgehead atoms. The van der Waals surface area contributed by atoms with E-state index in [9.17, 15) is 9.59 Å². The van der Waals surface area contributed by atoms with E-state index >= 15 is 0 Å². The Morgan fingerprint density at radius 2 is 2.22 bits per heavy atom. The molecule has 0 aromatic rings. The van der Waals surface area contributed by atoms with E-state index in [1.165, 1.54) is 0 Å². The Hall–Kier alpha value is -1.30. The molecule has 0 spiro atoms. The fourth-order valence-corrected chi connectivity index (χ4v) is 2.28. The number of nitrogens with zero attached hydrogens (tertiary/aromatic N) is 1. The van der Waals surface area contributed by atoms with Gasteiger partial charge in [-0.1, -0.05) is 6.92 Å². The number of methoxy groups -OCH3 is 1. The Morgan fingerprint density at radius 3 is 2.67 bits per heavy atom. The first kappa shape index (κ1) is 14.8. The summed E-state index contributed by atoms with van der Waals surface area (Å²) < 4.78 is 5.02. The number of likely N-dealkylation sites (tertiary alicyclic amines) is 1. The number of carboxylic acid groups (broad SMARTS) is 1. The quantitative estimate of drug-likeness (QED) is 0.768. The van der Waals surface area contributed by atoms with Crippen molar-refractivity contribution in [3.05, 3.63) is 0 Å². The van der Waals surface area contributed by atoms with Gasteiger partial charge in [0.05, 0.1) is 18.6 Å². The lowest BCUT2D eigenvalue weighted by Crippen LogP contribution is -2.48. The van der Waals surface area contributed by atoms with Crippen molar-refractivity contribution in [1.82, 2.24) is 10.2 Å². The van der Waals surface area contributed by atoms with Crippen LogP contribution >= 0.6 is 0 Å². The number of nitrogens with one attached hydrogen (secondary N) is 1. The second-order valence-electron chi connectivity index (χ2n) is 4.68. The van der Waals surface area contributed by atoms with Crippen LogP contribution in [0.4, 0.5) is 4.79 Å². The number of rotatable bonds is 5. The molecule has 0 radical (unpaired) electrons. The summed E-state index contributed by atoms with van der Waals surface area (Å²) in [6.45, 7) is 4.71. The molecular weight excluding hydrogens is 236 g/mol. The van der Waals surface area contributed by atoms with Gasteiger partial charge >= 0.3 is 12.0 Å². The van der Waals surface area contributed by atoms with Crippen LogP contribution in [0, 0.1) is 5.92 Å². The van der Waals surface area contributed by atoms with Crippen molar-refractivity contribution in [1.29, 1.82) is 0 Å². The van der Waals surface area contributed by atoms with Crippen LogP contribution in [0.25, 0.3) is 0 Å². The van der Waals surface area contributed by atoms with Gasteiger partial charge in [-0.2, -0.15) is 0 Å². The molecule has 0 aromatic carbocycles. The van der Waals surface area contributed by atoms with Crippen LogP contribution in [0.3, 0.4) is 0 Å². The number of urea groups is 1. The summed E-state index contributed by atoms with van der Waals surface area (Å²) in [6.07, 6.45) is 1.30. The summed E-state index contributed by atoms with van der Waals surface area (Å²) >= 11 is 0. The summed E-state index contributed by atoms with van der Waals surface area (Å²) in [4.78, 5) is 24.6. The molecule has 1 saturated heterocycles. The Kier molecular flexibility index (Phi) is 5.40. The van der Waals surface area contributed by atoms with E-state index in [1.54, 1.807) is 18.9 Å². The summed E-state index contributed by atoms with van der Waals surface area (Å²) in [7, 11) is 1.59. The molecular formula is C12H22N2O4. The van der Waals surface area contributed by atoms with Crippen molar-refractivity contribution in [3.8, 4) is 0 Å². The average Bonchev–Trinajstić information content (AvgIpc) is 2.70. The molecule has 3 atom stereocenters. The Bertz CT molecular complexity index is 308. The molecule has 1 rings (SSSR count). The second-order valence-corrected chi connectivity index (χ2v) is 4.68. The van der Waals surface area contributed by atoms with Gasteiger partial charge in [0.15, 0.2) is 0 Å². The Morgan fingerprint density at radius 1 is 1.56 bits per heavy atom. The largest absolute Gasteiger partial charge is 0.481 e. The molecule has 2 N–H and O–H groups in total. The zero-order valence-corrected chi connectivity index (χ0v) is 11.2. The molecule has 0 saturated carbocycles. The van der Waals surface area contributed by atoms with E-state index in [-0.39, 0.29) is 18.1 Å². The van der Waals surface area contributed by atoms with Crippen molar-refractivity contribution in [2.45, 2.75) is 38.8 Å². The third-order valence-electron chi connectivity index (χ3n) is 3.52. The SMILES string of the molecule is CCC(COC)NC(=O)N1CCC(C(=O)O)C1C. The molecule has 104 valence electrons. The first-order chi connectivity index (χ1) is 8.51. The van der Waals surface area contributed by atoms with Gasteiger partial charge in [0.1, 0.15) is 0 Å². The van der Waals surface area contributed by atoms with Gasteiger partial charge in [-0.05, 0) is 19.8 Å². The topological polar surface area (TPSA) is 78.9 Å². The van der Waals surface area contributed by atoms with Crippen LogP contribution in [0.2, 0.25) is 0 Å². The molecule has 0 aliphatic carbocycles. The highest BCUT2D eigenvalue weighted by atomic mass is 16.5. The van der Waals surface area contributed by atoms with E-state index in [1.807, 2.05) is 6.92 Å². The maximum atomic E-state index is 12.0. The lowest BCUT2D eigenvalue weighted by molar-refractivity contribution is -0.142. The minimum atomic E-state index is -0.832. The van der Waals surface area contributed by atoms with Crippen LogP contribution in [-0.4, -0.2) is 54.4 Å². The smallest absolute Gasteiger partial charge is 0.317 e. The number of ether oxygens (including phenoxy) is 1. The predicted octanol–water partition coefficient (Wildman–Crippen LogP) is 0.916. The molecule has 1 aliphatic rings. The number of carbonyl (C=O) groups is 2. The van der Waals surface area contributed by atoms with Crippen molar-refractivity contribution < 1.29 is 19.4 Å². The van der Waals surface area contributed by atoms with E-state index in [0.29, 0.717) is 19.6 Å². The molecule has 1 heterocycles. The molecule has 18 heavy (non-hydrogen) atoms. The lowest BCUT2D eigenvalue weighted by Gasteiger charge is -2.26. The van der Waals surface area contributed by atoms with Gasteiger partial charge in [-0.3, -0.25) is 4.79 Å². The summed E-state index contributed by atoms with van der Waals surface area (Å²) in [5.41, 5.74) is 0. The first-order valence-corrected chi connectivity index (χ1v) is 6.30. The van der Waals surface area contributed by atoms with E-state index in [0.717, 1.165) is 6.42 Å². The zero-order valence-electron chi connectivity index (χ0n) is 11.2. The van der Waals surface area contributed by atoms with Crippen molar-refractivity contribution in [2.75, 3.05) is 20.3 Å². The fourth-order valence-electron chi connectivity index (χ4n) is 2.28. The monoisotopic (exact) mass is 258 g/mol. The second kappa shape index (κ2) is 6.58. The van der Waals surface area contributed by atoms with Gasteiger partial charge in [-0.25, -0.2) is 4.79 Å². The summed E-state index contributed by atoms with van der Waals surface area (Å²) in [5, 5.41) is 11.9. The van der Waals surface area contributed by atoms with Crippen molar-refractivity contribution in [2.24, 2.45) is 5.92 Å². The maximum Gasteiger partial charge on any atom is 0.317 e. The van der Waals surface area contributed by atoms with Gasteiger partial charge in [-0.15, -0.1) is 0 Å². The highest BCUT2D eigenvalue weighted by Gasteiger charge is 2.38. The third kappa shape index (κ3) is 3.35. The highest BCUT2D eigenvalue weighted by Crippen LogP contribution is 2.24. The fraction of sp³-hybridized carbons (Fsp3) is 0.833. The number of aliphatic carboxylic acids is 1. The van der Waals surface area contributed by atoms with Crippen LogP contribution < -0.4 is 5.32 Å². The van der Waals surface area contributed by atoms with Crippen LogP contribution in [0.15, 0.2) is 0 Å². The van der Waals surface area contributed by atoms with Crippen LogP contribution in [0.1, 0.15) is 26.7 Å². The highest BCUT2D eigenvalue weighted by molar-refractivity contribution is 5.78. The minimum absolute atomic E-state index is 0.0291. The first-order valence-electron chi connectivity index (χ1n) is 6.30. The molecule has 6 heteroatoms. The van der Waals surface area contributed by atoms with Gasteiger partial charge in [0, 0.05) is 19.7 Å². The maximum absolute atomic E-state index is 12.0. The molecule has 1 fully saturated rings. The molecule has 2 amide bonds. The standard InChI is InChI=1S/C12H22N2O4/c1-4-9(7-18-3)13-12(17)14-6-5-10(8(14)2)11(15)16/h8-10H,4-7H2,1-3H3,(H,13,17)(H,15,16). The number of hydrogen-bond donors (Lipinski definition) is 2. The van der Waals surface area contributed by atoms with Crippen LogP contribution in [-0.2, 0) is 9.53 Å². The molecule has 1 aliphatic heterocycles. The van der Waals surface area contributed by atoms with Crippen LogP contribution in [0.5, 0.6) is 0 Å². The summed E-state index contributed by atoms with van der Waals surface area (Å²) in [5.74, 6) is -1.29. The van der Waals surface area contributed by atoms with Crippen molar-refractivity contribution >= 4 is 12.0 Å². The molecule has 3 unspecified atom stereocenters.